The van der Waals surface area contributed by atoms with E-state index < -0.39 is 11.9 Å². The van der Waals surface area contributed by atoms with Crippen molar-refractivity contribution in [2.24, 2.45) is 0 Å². The lowest BCUT2D eigenvalue weighted by Gasteiger charge is -2.08. The lowest BCUT2D eigenvalue weighted by atomic mass is 10.3. The molecule has 0 heterocycles. The van der Waals surface area contributed by atoms with Crippen LogP contribution in [0, 0.1) is 0 Å². The van der Waals surface area contributed by atoms with E-state index in [9.17, 15) is 9.59 Å². The van der Waals surface area contributed by atoms with Crippen molar-refractivity contribution in [1.82, 2.24) is 0 Å². The average molecular weight is 364 g/mol. The Hall–Kier alpha value is -2.34. The van der Waals surface area contributed by atoms with Gasteiger partial charge in [-0.1, -0.05) is 40.2 Å². The molecule has 1 amide bonds. The Morgan fingerprint density at radius 3 is 2.50 bits per heavy atom. The second-order valence-corrected chi connectivity index (χ2v) is 5.24. The molecular weight excluding hydrogens is 350 g/mol. The molecule has 1 N–H and O–H groups in total. The van der Waals surface area contributed by atoms with Crippen LogP contribution in [0.5, 0.6) is 5.75 Å². The fourth-order valence-corrected chi connectivity index (χ4v) is 1.98. The van der Waals surface area contributed by atoms with Gasteiger partial charge in [0.25, 0.3) is 5.91 Å². The van der Waals surface area contributed by atoms with Gasteiger partial charge in [0.05, 0.1) is 0 Å². The van der Waals surface area contributed by atoms with Gasteiger partial charge in [0.15, 0.2) is 13.2 Å². The standard InChI is InChI=1S/C16H14BrNO4/c17-12-5-4-8-14(9-12)21-11-16(20)22-10-15(19)18-13-6-2-1-3-7-13/h1-9H,10-11H2,(H,18,19). The van der Waals surface area contributed by atoms with Gasteiger partial charge in [0, 0.05) is 10.2 Å². The number of carbonyl (C=O) groups is 2. The second kappa shape index (κ2) is 8.19. The van der Waals surface area contributed by atoms with Crippen LogP contribution in [-0.2, 0) is 14.3 Å². The Balaban J connectivity index is 1.70. The van der Waals surface area contributed by atoms with E-state index in [1.165, 1.54) is 0 Å². The first-order chi connectivity index (χ1) is 10.6. The maximum Gasteiger partial charge on any atom is 0.344 e. The molecular formula is C16H14BrNO4. The Labute approximate surface area is 136 Å². The van der Waals surface area contributed by atoms with Crippen molar-refractivity contribution in [3.63, 3.8) is 0 Å². The van der Waals surface area contributed by atoms with E-state index in [-0.39, 0.29) is 13.2 Å². The lowest BCUT2D eigenvalue weighted by molar-refractivity contribution is -0.149. The second-order valence-electron chi connectivity index (χ2n) is 4.32. The zero-order chi connectivity index (χ0) is 15.8. The highest BCUT2D eigenvalue weighted by atomic mass is 79.9. The summed E-state index contributed by atoms with van der Waals surface area (Å²) in [4.78, 5) is 23.1. The minimum atomic E-state index is -0.608. The van der Waals surface area contributed by atoms with Crippen LogP contribution in [-0.4, -0.2) is 25.1 Å². The number of para-hydroxylation sites is 1. The van der Waals surface area contributed by atoms with Crippen molar-refractivity contribution in [1.29, 1.82) is 0 Å². The van der Waals surface area contributed by atoms with Crippen molar-refractivity contribution in [2.45, 2.75) is 0 Å². The molecule has 22 heavy (non-hydrogen) atoms. The third-order valence-electron chi connectivity index (χ3n) is 2.57. The summed E-state index contributed by atoms with van der Waals surface area (Å²) in [5.41, 5.74) is 0.647. The number of rotatable bonds is 6. The average Bonchev–Trinajstić information content (AvgIpc) is 2.52. The lowest BCUT2D eigenvalue weighted by Crippen LogP contribution is -2.23. The molecule has 2 aromatic carbocycles. The minimum absolute atomic E-state index is 0.255. The van der Waals surface area contributed by atoms with E-state index in [0.717, 1.165) is 4.47 Å². The smallest absolute Gasteiger partial charge is 0.344 e. The minimum Gasteiger partial charge on any atom is -0.482 e. The molecule has 0 atom stereocenters. The van der Waals surface area contributed by atoms with Crippen molar-refractivity contribution >= 4 is 33.5 Å². The van der Waals surface area contributed by atoms with E-state index in [0.29, 0.717) is 11.4 Å². The Bertz CT molecular complexity index is 646. The molecule has 0 spiro atoms. The Kier molecular flexibility index (Phi) is 5.97. The van der Waals surface area contributed by atoms with E-state index in [4.69, 9.17) is 9.47 Å². The van der Waals surface area contributed by atoms with Gasteiger partial charge in [0.2, 0.25) is 0 Å². The van der Waals surface area contributed by atoms with Crippen LogP contribution in [0.25, 0.3) is 0 Å². The highest BCUT2D eigenvalue weighted by Gasteiger charge is 2.08. The summed E-state index contributed by atoms with van der Waals surface area (Å²) < 4.78 is 11.0. The molecule has 2 rings (SSSR count). The third-order valence-corrected chi connectivity index (χ3v) is 3.07. The fourth-order valence-electron chi connectivity index (χ4n) is 1.61. The molecule has 0 bridgehead atoms. The van der Waals surface area contributed by atoms with Crippen LogP contribution in [0.3, 0.4) is 0 Å². The van der Waals surface area contributed by atoms with Gasteiger partial charge in [-0.2, -0.15) is 0 Å². The maximum atomic E-state index is 11.6. The SMILES string of the molecule is O=C(COC(=O)COc1cccc(Br)c1)Nc1ccccc1. The zero-order valence-electron chi connectivity index (χ0n) is 11.6. The van der Waals surface area contributed by atoms with Crippen LogP contribution in [0.1, 0.15) is 0 Å². The van der Waals surface area contributed by atoms with Crippen molar-refractivity contribution in [2.75, 3.05) is 18.5 Å². The van der Waals surface area contributed by atoms with Crippen LogP contribution in [0.15, 0.2) is 59.1 Å². The van der Waals surface area contributed by atoms with Crippen molar-refractivity contribution < 1.29 is 19.1 Å². The maximum absolute atomic E-state index is 11.6. The molecule has 114 valence electrons. The molecule has 0 aliphatic rings. The topological polar surface area (TPSA) is 64.6 Å². The number of hydrogen-bond donors (Lipinski definition) is 1. The summed E-state index contributed by atoms with van der Waals surface area (Å²) in [5, 5.41) is 2.62. The van der Waals surface area contributed by atoms with Gasteiger partial charge in [-0.05, 0) is 30.3 Å². The number of hydrogen-bond acceptors (Lipinski definition) is 4. The number of ether oxygens (including phenoxy) is 2. The molecule has 5 nitrogen and oxygen atoms in total. The molecule has 0 radical (unpaired) electrons. The van der Waals surface area contributed by atoms with E-state index in [1.54, 1.807) is 42.5 Å². The Morgan fingerprint density at radius 2 is 1.77 bits per heavy atom. The van der Waals surface area contributed by atoms with Crippen LogP contribution >= 0.6 is 15.9 Å². The van der Waals surface area contributed by atoms with Crippen LogP contribution < -0.4 is 10.1 Å². The van der Waals surface area contributed by atoms with Gasteiger partial charge in [0.1, 0.15) is 5.75 Å². The first kappa shape index (κ1) is 16.0. The van der Waals surface area contributed by atoms with E-state index in [2.05, 4.69) is 21.2 Å². The number of esters is 1. The predicted molar refractivity (Wildman–Crippen MR) is 85.7 cm³/mol. The monoisotopic (exact) mass is 363 g/mol. The summed E-state index contributed by atoms with van der Waals surface area (Å²) in [6.07, 6.45) is 0. The molecule has 0 aliphatic heterocycles. The number of nitrogens with one attached hydrogen (secondary N) is 1. The largest absolute Gasteiger partial charge is 0.482 e. The molecule has 2 aromatic rings. The number of carbonyl (C=O) groups excluding carboxylic acids is 2. The van der Waals surface area contributed by atoms with Gasteiger partial charge >= 0.3 is 5.97 Å². The molecule has 0 aliphatic carbocycles. The molecule has 0 aromatic heterocycles. The molecule has 0 saturated carbocycles. The van der Waals surface area contributed by atoms with E-state index >= 15 is 0 Å². The Morgan fingerprint density at radius 1 is 1.00 bits per heavy atom. The van der Waals surface area contributed by atoms with Crippen LogP contribution in [0.4, 0.5) is 5.69 Å². The van der Waals surface area contributed by atoms with Gasteiger partial charge < -0.3 is 14.8 Å². The highest BCUT2D eigenvalue weighted by Crippen LogP contribution is 2.17. The zero-order valence-corrected chi connectivity index (χ0v) is 13.2. The number of amides is 1. The molecule has 6 heteroatoms. The summed E-state index contributed by atoms with van der Waals surface area (Å²) in [7, 11) is 0. The van der Waals surface area contributed by atoms with E-state index in [1.807, 2.05) is 12.1 Å². The quantitative estimate of drug-likeness (QED) is 0.801. The van der Waals surface area contributed by atoms with Crippen molar-refractivity contribution in [3.8, 4) is 5.75 Å². The number of benzene rings is 2. The predicted octanol–water partition coefficient (Wildman–Crippen LogP) is 3.01. The molecule has 0 fully saturated rings. The number of halogens is 1. The number of anilines is 1. The normalized spacial score (nSPS) is 9.86. The molecule has 0 saturated heterocycles. The third kappa shape index (κ3) is 5.57. The first-order valence-electron chi connectivity index (χ1n) is 6.52. The van der Waals surface area contributed by atoms with Crippen LogP contribution in [0.2, 0.25) is 0 Å². The summed E-state index contributed by atoms with van der Waals surface area (Å²) >= 11 is 3.30. The van der Waals surface area contributed by atoms with Gasteiger partial charge in [-0.15, -0.1) is 0 Å². The summed E-state index contributed by atoms with van der Waals surface area (Å²) in [6.45, 7) is -0.607. The fraction of sp³-hybridized carbons (Fsp3) is 0.125. The van der Waals surface area contributed by atoms with Gasteiger partial charge in [-0.3, -0.25) is 4.79 Å². The first-order valence-corrected chi connectivity index (χ1v) is 7.31. The summed E-state index contributed by atoms with van der Waals surface area (Å²) in [6, 6.07) is 16.0. The van der Waals surface area contributed by atoms with Gasteiger partial charge in [-0.25, -0.2) is 4.79 Å². The van der Waals surface area contributed by atoms with Crippen molar-refractivity contribution in [3.05, 3.63) is 59.1 Å². The highest BCUT2D eigenvalue weighted by molar-refractivity contribution is 9.10. The summed E-state index contributed by atoms with van der Waals surface area (Å²) in [5.74, 6) is -0.467. The molecule has 0 unspecified atom stereocenters.